The maximum Gasteiger partial charge on any atom is 0.233 e. The second-order valence-electron chi connectivity index (χ2n) is 4.31. The van der Waals surface area contributed by atoms with E-state index in [4.69, 9.17) is 17.0 Å². The Balaban J connectivity index is 2.07. The van der Waals surface area contributed by atoms with E-state index < -0.39 is 0 Å². The Labute approximate surface area is 126 Å². The first-order chi connectivity index (χ1) is 10.3. The third kappa shape index (κ3) is 2.95. The first kappa shape index (κ1) is 13.4. The normalized spacial score (nSPS) is 10.3. The SMILES string of the molecule is COc1ccc(-c2nc(=S)cc(-c3ccccc3)[nH]2)nn1. The number of hydrogen-bond donors (Lipinski definition) is 1. The number of rotatable bonds is 3. The van der Waals surface area contributed by atoms with Crippen molar-refractivity contribution < 1.29 is 4.74 Å². The lowest BCUT2D eigenvalue weighted by atomic mass is 10.1. The van der Waals surface area contributed by atoms with Crippen molar-refractivity contribution in [2.75, 3.05) is 7.11 Å². The predicted octanol–water partition coefficient (Wildman–Crippen LogP) is 3.27. The fourth-order valence-corrected chi connectivity index (χ4v) is 2.12. The van der Waals surface area contributed by atoms with Gasteiger partial charge in [0.2, 0.25) is 5.88 Å². The van der Waals surface area contributed by atoms with Crippen LogP contribution in [0.2, 0.25) is 0 Å². The Morgan fingerprint density at radius 1 is 1.05 bits per heavy atom. The van der Waals surface area contributed by atoms with Gasteiger partial charge >= 0.3 is 0 Å². The highest BCUT2D eigenvalue weighted by atomic mass is 32.1. The van der Waals surface area contributed by atoms with E-state index in [-0.39, 0.29) is 0 Å². The number of hydrogen-bond acceptors (Lipinski definition) is 5. The van der Waals surface area contributed by atoms with Crippen LogP contribution in [0.4, 0.5) is 0 Å². The van der Waals surface area contributed by atoms with Gasteiger partial charge in [0.25, 0.3) is 0 Å². The van der Waals surface area contributed by atoms with Crippen molar-refractivity contribution >= 4 is 12.2 Å². The lowest BCUT2D eigenvalue weighted by Crippen LogP contribution is -1.97. The summed E-state index contributed by atoms with van der Waals surface area (Å²) in [7, 11) is 1.55. The molecule has 0 saturated carbocycles. The molecule has 0 spiro atoms. The van der Waals surface area contributed by atoms with Crippen molar-refractivity contribution in [1.29, 1.82) is 0 Å². The predicted molar refractivity (Wildman–Crippen MR) is 82.4 cm³/mol. The Morgan fingerprint density at radius 3 is 2.52 bits per heavy atom. The van der Waals surface area contributed by atoms with Crippen LogP contribution < -0.4 is 4.74 Å². The largest absolute Gasteiger partial charge is 0.480 e. The van der Waals surface area contributed by atoms with Gasteiger partial charge in [0.15, 0.2) is 5.82 Å². The van der Waals surface area contributed by atoms with Crippen LogP contribution >= 0.6 is 12.2 Å². The average Bonchev–Trinajstić information content (AvgIpc) is 2.55. The number of nitrogens with zero attached hydrogens (tertiary/aromatic N) is 3. The van der Waals surface area contributed by atoms with Crippen LogP contribution in [-0.2, 0) is 0 Å². The van der Waals surface area contributed by atoms with E-state index in [1.54, 1.807) is 19.2 Å². The number of ether oxygens (including phenoxy) is 1. The van der Waals surface area contributed by atoms with Crippen LogP contribution in [0.25, 0.3) is 22.8 Å². The minimum absolute atomic E-state index is 0.455. The molecule has 6 heteroatoms. The molecule has 3 rings (SSSR count). The van der Waals surface area contributed by atoms with Gasteiger partial charge in [-0.25, -0.2) is 4.98 Å². The Bertz CT molecular complexity index is 800. The van der Waals surface area contributed by atoms with Crippen LogP contribution in [0.3, 0.4) is 0 Å². The van der Waals surface area contributed by atoms with Gasteiger partial charge in [0.05, 0.1) is 7.11 Å². The summed E-state index contributed by atoms with van der Waals surface area (Å²) in [6.07, 6.45) is 0. The molecule has 5 nitrogen and oxygen atoms in total. The van der Waals surface area contributed by atoms with Crippen molar-refractivity contribution in [1.82, 2.24) is 20.2 Å². The molecule has 104 valence electrons. The van der Waals surface area contributed by atoms with Gasteiger partial charge in [-0.05, 0) is 17.7 Å². The summed E-state index contributed by atoms with van der Waals surface area (Å²) < 4.78 is 5.50. The van der Waals surface area contributed by atoms with Crippen molar-refractivity contribution in [2.24, 2.45) is 0 Å². The molecule has 0 aliphatic rings. The van der Waals surface area contributed by atoms with E-state index in [0.29, 0.717) is 22.0 Å². The molecule has 0 bridgehead atoms. The smallest absolute Gasteiger partial charge is 0.233 e. The summed E-state index contributed by atoms with van der Waals surface area (Å²) in [5.41, 5.74) is 2.54. The van der Waals surface area contributed by atoms with Gasteiger partial charge in [-0.2, -0.15) is 0 Å². The van der Waals surface area contributed by atoms with Crippen LogP contribution in [-0.4, -0.2) is 27.3 Å². The zero-order valence-electron chi connectivity index (χ0n) is 11.3. The maximum absolute atomic E-state index is 5.23. The second-order valence-corrected chi connectivity index (χ2v) is 4.73. The van der Waals surface area contributed by atoms with Crippen LogP contribution in [0, 0.1) is 4.64 Å². The summed E-state index contributed by atoms with van der Waals surface area (Å²) in [6, 6.07) is 15.3. The van der Waals surface area contributed by atoms with Gasteiger partial charge in [-0.1, -0.05) is 42.5 Å². The highest BCUT2D eigenvalue weighted by Crippen LogP contribution is 2.20. The number of H-pyrrole nitrogens is 1. The molecule has 0 saturated heterocycles. The van der Waals surface area contributed by atoms with Crippen molar-refractivity contribution in [3.63, 3.8) is 0 Å². The third-order valence-electron chi connectivity index (χ3n) is 2.92. The number of aromatic nitrogens is 4. The molecular formula is C15H12N4OS. The zero-order chi connectivity index (χ0) is 14.7. The first-order valence-corrected chi connectivity index (χ1v) is 6.72. The monoisotopic (exact) mass is 296 g/mol. The number of benzene rings is 1. The van der Waals surface area contributed by atoms with E-state index in [2.05, 4.69) is 20.2 Å². The highest BCUT2D eigenvalue weighted by Gasteiger charge is 2.06. The lowest BCUT2D eigenvalue weighted by Gasteiger charge is -2.06. The topological polar surface area (TPSA) is 63.7 Å². The number of methoxy groups -OCH3 is 1. The summed E-state index contributed by atoms with van der Waals surface area (Å²) in [6.45, 7) is 0. The molecule has 0 aliphatic heterocycles. The van der Waals surface area contributed by atoms with E-state index >= 15 is 0 Å². The lowest BCUT2D eigenvalue weighted by molar-refractivity contribution is 0.392. The van der Waals surface area contributed by atoms with E-state index in [1.165, 1.54) is 0 Å². The molecule has 1 aromatic carbocycles. The Kier molecular flexibility index (Phi) is 3.70. The molecule has 3 aromatic rings. The van der Waals surface area contributed by atoms with Crippen molar-refractivity contribution in [3.8, 4) is 28.7 Å². The minimum Gasteiger partial charge on any atom is -0.480 e. The standard InChI is InChI=1S/C15H12N4OS/c1-20-13-8-7-11(18-19-13)15-16-12(9-14(21)17-15)10-5-3-2-4-6-10/h2-9H,1H3,(H,16,17,21). The van der Waals surface area contributed by atoms with Crippen LogP contribution in [0.15, 0.2) is 48.5 Å². The molecule has 0 amide bonds. The van der Waals surface area contributed by atoms with Gasteiger partial charge in [-0.3, -0.25) is 0 Å². The molecule has 2 aromatic heterocycles. The summed E-state index contributed by atoms with van der Waals surface area (Å²) in [5.74, 6) is 1.04. The molecule has 21 heavy (non-hydrogen) atoms. The number of nitrogens with one attached hydrogen (secondary N) is 1. The highest BCUT2D eigenvalue weighted by molar-refractivity contribution is 7.71. The minimum atomic E-state index is 0.455. The Hall–Kier alpha value is -2.60. The fraction of sp³-hybridized carbons (Fsp3) is 0.0667. The number of aromatic amines is 1. The van der Waals surface area contributed by atoms with Crippen LogP contribution in [0.1, 0.15) is 0 Å². The summed E-state index contributed by atoms with van der Waals surface area (Å²) in [4.78, 5) is 7.54. The summed E-state index contributed by atoms with van der Waals surface area (Å²) >= 11 is 5.23. The fourth-order valence-electron chi connectivity index (χ4n) is 1.91. The maximum atomic E-state index is 5.23. The first-order valence-electron chi connectivity index (χ1n) is 6.31. The third-order valence-corrected chi connectivity index (χ3v) is 3.13. The van der Waals surface area contributed by atoms with Crippen molar-refractivity contribution in [3.05, 3.63) is 53.2 Å². The molecule has 0 atom stereocenters. The molecule has 0 aliphatic carbocycles. The van der Waals surface area contributed by atoms with Gasteiger partial charge in [0, 0.05) is 11.8 Å². The molecule has 1 N–H and O–H groups in total. The van der Waals surface area contributed by atoms with Crippen molar-refractivity contribution in [2.45, 2.75) is 0 Å². The molecule has 2 heterocycles. The average molecular weight is 296 g/mol. The molecule has 0 fully saturated rings. The quantitative estimate of drug-likeness (QED) is 0.751. The van der Waals surface area contributed by atoms with Gasteiger partial charge in [-0.15, -0.1) is 10.2 Å². The molecular weight excluding hydrogens is 284 g/mol. The molecule has 0 radical (unpaired) electrons. The zero-order valence-corrected chi connectivity index (χ0v) is 12.1. The van der Waals surface area contributed by atoms with E-state index in [0.717, 1.165) is 11.3 Å². The van der Waals surface area contributed by atoms with E-state index in [1.807, 2.05) is 36.4 Å². The second kappa shape index (κ2) is 5.80. The van der Waals surface area contributed by atoms with Crippen LogP contribution in [0.5, 0.6) is 5.88 Å². The summed E-state index contributed by atoms with van der Waals surface area (Å²) in [5, 5.41) is 8.02. The van der Waals surface area contributed by atoms with Gasteiger partial charge < -0.3 is 9.72 Å². The Morgan fingerprint density at radius 2 is 1.86 bits per heavy atom. The van der Waals surface area contributed by atoms with E-state index in [9.17, 15) is 0 Å². The molecule has 0 unspecified atom stereocenters. The van der Waals surface area contributed by atoms with Gasteiger partial charge in [0.1, 0.15) is 10.3 Å².